The third-order valence-electron chi connectivity index (χ3n) is 7.60. The summed E-state index contributed by atoms with van der Waals surface area (Å²) in [4.78, 5) is 34.5. The standard InChI is InChI=1S/C24H37N5O3S/c1-14(22(32)29(6)11-7-10-25)16-8-9-24(3)12-17-20(15(2)19(24)21(16)31)27-23(33-17)26-18(30)13-28(4)5/h14-16,19,21,31H,7-9,11-13H2,1-6H3,(H,26,27,30)/t14-,15-,16+,19+,21-,24-/m0/s1. The molecule has 0 aromatic carbocycles. The summed E-state index contributed by atoms with van der Waals surface area (Å²) in [7, 11) is 5.43. The van der Waals surface area contributed by atoms with Crippen molar-refractivity contribution in [2.24, 2.45) is 23.2 Å². The molecule has 0 radical (unpaired) electrons. The Morgan fingerprint density at radius 3 is 2.73 bits per heavy atom. The van der Waals surface area contributed by atoms with Crippen LogP contribution in [-0.4, -0.2) is 72.0 Å². The van der Waals surface area contributed by atoms with Crippen LogP contribution in [0, 0.1) is 34.5 Å². The van der Waals surface area contributed by atoms with E-state index in [0.717, 1.165) is 25.0 Å². The third kappa shape index (κ3) is 5.23. The van der Waals surface area contributed by atoms with E-state index < -0.39 is 6.10 Å². The maximum atomic E-state index is 12.9. The van der Waals surface area contributed by atoms with E-state index in [2.05, 4.69) is 25.2 Å². The van der Waals surface area contributed by atoms with Crippen LogP contribution in [-0.2, 0) is 16.0 Å². The number of aliphatic hydroxyl groups excluding tert-OH is 1. The lowest BCUT2D eigenvalue weighted by molar-refractivity contribution is -0.143. The van der Waals surface area contributed by atoms with Crippen molar-refractivity contribution in [2.45, 2.75) is 58.5 Å². The summed E-state index contributed by atoms with van der Waals surface area (Å²) in [6.45, 7) is 6.97. The molecule has 9 heteroatoms. The summed E-state index contributed by atoms with van der Waals surface area (Å²) in [6, 6.07) is 2.08. The molecular weight excluding hydrogens is 438 g/mol. The van der Waals surface area contributed by atoms with Gasteiger partial charge in [0.2, 0.25) is 11.8 Å². The number of nitrogens with one attached hydrogen (secondary N) is 1. The molecule has 1 heterocycles. The molecule has 2 aliphatic rings. The van der Waals surface area contributed by atoms with Gasteiger partial charge in [-0.15, -0.1) is 11.3 Å². The summed E-state index contributed by atoms with van der Waals surface area (Å²) in [6.07, 6.45) is 2.25. The topological polar surface area (TPSA) is 110 Å². The second-order valence-corrected chi connectivity index (χ2v) is 11.5. The number of amides is 2. The molecule has 0 saturated heterocycles. The fourth-order valence-electron chi connectivity index (χ4n) is 5.90. The molecule has 182 valence electrons. The molecule has 1 saturated carbocycles. The van der Waals surface area contributed by atoms with E-state index in [1.807, 2.05) is 25.9 Å². The monoisotopic (exact) mass is 475 g/mol. The third-order valence-corrected chi connectivity index (χ3v) is 8.58. The van der Waals surface area contributed by atoms with Crippen LogP contribution in [0.4, 0.5) is 5.13 Å². The minimum absolute atomic E-state index is 0.00385. The lowest BCUT2D eigenvalue weighted by Crippen LogP contribution is -2.53. The largest absolute Gasteiger partial charge is 0.392 e. The Bertz CT molecular complexity index is 926. The zero-order valence-electron chi connectivity index (χ0n) is 20.6. The number of aromatic nitrogens is 1. The molecule has 6 atom stereocenters. The number of nitriles is 1. The van der Waals surface area contributed by atoms with Crippen molar-refractivity contribution in [1.29, 1.82) is 5.26 Å². The number of carbonyl (C=O) groups is 2. The van der Waals surface area contributed by atoms with E-state index in [1.165, 1.54) is 4.88 Å². The minimum atomic E-state index is -0.608. The van der Waals surface area contributed by atoms with Crippen LogP contribution < -0.4 is 5.32 Å². The van der Waals surface area contributed by atoms with Crippen LogP contribution in [0.5, 0.6) is 0 Å². The van der Waals surface area contributed by atoms with E-state index in [4.69, 9.17) is 10.2 Å². The van der Waals surface area contributed by atoms with Gasteiger partial charge in [0.15, 0.2) is 5.13 Å². The van der Waals surface area contributed by atoms with Crippen molar-refractivity contribution in [2.75, 3.05) is 39.5 Å². The Hall–Kier alpha value is -2.02. The number of nitrogens with zero attached hydrogens (tertiary/aromatic N) is 4. The fraction of sp³-hybridized carbons (Fsp3) is 0.750. The van der Waals surface area contributed by atoms with E-state index in [-0.39, 0.29) is 40.9 Å². The lowest BCUT2D eigenvalue weighted by Gasteiger charge is -2.53. The lowest BCUT2D eigenvalue weighted by atomic mass is 9.53. The number of aliphatic hydroxyl groups is 1. The Labute approximate surface area is 201 Å². The molecule has 2 amide bonds. The quantitative estimate of drug-likeness (QED) is 0.628. The zero-order valence-corrected chi connectivity index (χ0v) is 21.4. The maximum absolute atomic E-state index is 12.9. The van der Waals surface area contributed by atoms with Gasteiger partial charge in [-0.3, -0.25) is 9.59 Å². The van der Waals surface area contributed by atoms with Gasteiger partial charge in [-0.1, -0.05) is 20.8 Å². The first kappa shape index (κ1) is 25.6. The first-order valence-electron chi connectivity index (χ1n) is 11.7. The molecule has 8 nitrogen and oxygen atoms in total. The molecule has 2 N–H and O–H groups in total. The van der Waals surface area contributed by atoms with Crippen LogP contribution in [0.2, 0.25) is 0 Å². The first-order valence-corrected chi connectivity index (χ1v) is 12.5. The van der Waals surface area contributed by atoms with Crippen molar-refractivity contribution in [3.05, 3.63) is 10.6 Å². The second kappa shape index (κ2) is 10.1. The molecule has 1 fully saturated rings. The highest BCUT2D eigenvalue weighted by Crippen LogP contribution is 2.57. The van der Waals surface area contributed by atoms with Crippen molar-refractivity contribution < 1.29 is 14.7 Å². The molecular formula is C24H37N5O3S. The molecule has 0 aliphatic heterocycles. The van der Waals surface area contributed by atoms with E-state index in [9.17, 15) is 14.7 Å². The molecule has 33 heavy (non-hydrogen) atoms. The maximum Gasteiger partial charge on any atom is 0.240 e. The van der Waals surface area contributed by atoms with Crippen molar-refractivity contribution in [3.8, 4) is 6.07 Å². The highest BCUT2D eigenvalue weighted by atomic mass is 32.1. The second-order valence-electron chi connectivity index (χ2n) is 10.4. The molecule has 2 aliphatic carbocycles. The number of rotatable bonds is 7. The first-order chi connectivity index (χ1) is 15.5. The predicted octanol–water partition coefficient (Wildman–Crippen LogP) is 2.70. The summed E-state index contributed by atoms with van der Waals surface area (Å²) >= 11 is 1.54. The van der Waals surface area contributed by atoms with Gasteiger partial charge >= 0.3 is 0 Å². The number of hydrogen-bond donors (Lipinski definition) is 2. The van der Waals surface area contributed by atoms with Crippen molar-refractivity contribution in [1.82, 2.24) is 14.8 Å². The number of carbonyl (C=O) groups excluding carboxylic acids is 2. The van der Waals surface area contributed by atoms with Crippen molar-refractivity contribution >= 4 is 28.3 Å². The van der Waals surface area contributed by atoms with Gasteiger partial charge in [-0.2, -0.15) is 5.26 Å². The van der Waals surface area contributed by atoms with Crippen LogP contribution in [0.3, 0.4) is 0 Å². The van der Waals surface area contributed by atoms with Gasteiger partial charge in [0, 0.05) is 30.3 Å². The number of hydrogen-bond acceptors (Lipinski definition) is 7. The summed E-state index contributed by atoms with van der Waals surface area (Å²) in [5, 5.41) is 23.9. The number of anilines is 1. The minimum Gasteiger partial charge on any atom is -0.392 e. The smallest absolute Gasteiger partial charge is 0.240 e. The SMILES string of the molecule is C[C@H](C(=O)N(C)CCC#N)[C@H]1CC[C@@]2(C)Cc3sc(NC(=O)CN(C)C)nc3[C@@H](C)[C@@H]2[C@H]1O. The summed E-state index contributed by atoms with van der Waals surface area (Å²) in [5.74, 6) is -0.501. The summed E-state index contributed by atoms with van der Waals surface area (Å²) in [5.41, 5.74) is 0.891. The molecule has 0 bridgehead atoms. The molecule has 0 unspecified atom stereocenters. The number of likely N-dealkylation sites (N-methyl/N-ethyl adjacent to an activating group) is 1. The molecule has 0 spiro atoms. The van der Waals surface area contributed by atoms with Crippen LogP contribution in [0.1, 0.15) is 56.5 Å². The summed E-state index contributed by atoms with van der Waals surface area (Å²) < 4.78 is 0. The van der Waals surface area contributed by atoms with Gasteiger partial charge < -0.3 is 20.2 Å². The van der Waals surface area contributed by atoms with E-state index >= 15 is 0 Å². The average Bonchev–Trinajstić information content (AvgIpc) is 3.12. The van der Waals surface area contributed by atoms with Gasteiger partial charge in [-0.05, 0) is 50.6 Å². The Morgan fingerprint density at radius 2 is 2.09 bits per heavy atom. The normalized spacial score (nSPS) is 29.5. The van der Waals surface area contributed by atoms with Crippen LogP contribution >= 0.6 is 11.3 Å². The highest BCUT2D eigenvalue weighted by molar-refractivity contribution is 7.15. The van der Waals surface area contributed by atoms with Gasteiger partial charge in [-0.25, -0.2) is 4.98 Å². The predicted molar refractivity (Wildman–Crippen MR) is 129 cm³/mol. The molecule has 1 aromatic heterocycles. The fourth-order valence-corrected chi connectivity index (χ4v) is 7.18. The Kier molecular flexibility index (Phi) is 7.82. The van der Waals surface area contributed by atoms with Crippen LogP contribution in [0.25, 0.3) is 0 Å². The van der Waals surface area contributed by atoms with Crippen molar-refractivity contribution in [3.63, 3.8) is 0 Å². The number of fused-ring (bicyclic) bond motifs is 2. The average molecular weight is 476 g/mol. The highest BCUT2D eigenvalue weighted by Gasteiger charge is 2.54. The van der Waals surface area contributed by atoms with Gasteiger partial charge in [0.05, 0.1) is 30.8 Å². The van der Waals surface area contributed by atoms with Gasteiger partial charge in [0.1, 0.15) is 0 Å². The Morgan fingerprint density at radius 1 is 1.39 bits per heavy atom. The zero-order chi connectivity index (χ0) is 24.5. The van der Waals surface area contributed by atoms with Crippen LogP contribution in [0.15, 0.2) is 0 Å². The number of thiazole rings is 1. The van der Waals surface area contributed by atoms with Gasteiger partial charge in [0.25, 0.3) is 0 Å². The molecule has 3 rings (SSSR count). The van der Waals surface area contributed by atoms with E-state index in [0.29, 0.717) is 24.6 Å². The van der Waals surface area contributed by atoms with E-state index in [1.54, 1.807) is 23.3 Å². The Balaban J connectivity index is 1.78. The molecule has 1 aromatic rings.